The average Bonchev–Trinajstić information content (AvgIpc) is 2.33. The first-order valence-corrected chi connectivity index (χ1v) is 6.47. The summed E-state index contributed by atoms with van der Waals surface area (Å²) in [4.78, 5) is 10.7. The Morgan fingerprint density at radius 3 is 2.40 bits per heavy atom. The molecule has 3 nitrogen and oxygen atoms in total. The Labute approximate surface area is 116 Å². The van der Waals surface area contributed by atoms with E-state index in [4.69, 9.17) is 0 Å². The molecule has 0 bridgehead atoms. The highest BCUT2D eigenvalue weighted by molar-refractivity contribution is 8.13. The molecule has 112 valence electrons. The molecule has 0 radical (unpaired) electrons. The molecule has 0 aliphatic rings. The predicted octanol–water partition coefficient (Wildman–Crippen LogP) is 2.52. The number of alkyl halides is 3. The minimum Gasteiger partial charge on any atom is -0.389 e. The maximum Gasteiger partial charge on any atom is 0.419 e. The summed E-state index contributed by atoms with van der Waals surface area (Å²) in [5.41, 5.74) is -1.63. The first-order valence-electron chi connectivity index (χ1n) is 5.49. The second-order valence-electron chi connectivity index (χ2n) is 4.05. The van der Waals surface area contributed by atoms with Gasteiger partial charge in [0, 0.05) is 12.7 Å². The third-order valence-electron chi connectivity index (χ3n) is 2.46. The monoisotopic (exact) mass is 312 g/mol. The van der Waals surface area contributed by atoms with E-state index in [1.807, 2.05) is 0 Å². The van der Waals surface area contributed by atoms with Gasteiger partial charge in [0.15, 0.2) is 5.12 Å². The van der Waals surface area contributed by atoms with Crippen LogP contribution in [0.4, 0.5) is 17.6 Å². The fourth-order valence-corrected chi connectivity index (χ4v) is 2.05. The van der Waals surface area contributed by atoms with Gasteiger partial charge in [-0.1, -0.05) is 17.8 Å². The second-order valence-corrected chi connectivity index (χ2v) is 5.25. The van der Waals surface area contributed by atoms with Crippen molar-refractivity contribution >= 4 is 16.9 Å². The molecular weight excluding hydrogens is 300 g/mol. The summed E-state index contributed by atoms with van der Waals surface area (Å²) in [6.07, 6.45) is -7.78. The molecule has 1 aromatic rings. The molecule has 0 saturated carbocycles. The van der Waals surface area contributed by atoms with Crippen LogP contribution < -0.4 is 0 Å². The summed E-state index contributed by atoms with van der Waals surface area (Å²) in [5.74, 6) is -1.67. The highest BCUT2D eigenvalue weighted by Gasteiger charge is 2.34. The topological polar surface area (TPSA) is 57.5 Å². The van der Waals surface area contributed by atoms with E-state index in [1.54, 1.807) is 0 Å². The van der Waals surface area contributed by atoms with Crippen LogP contribution in [0, 0.1) is 5.82 Å². The summed E-state index contributed by atoms with van der Waals surface area (Å²) < 4.78 is 50.4. The average molecular weight is 312 g/mol. The van der Waals surface area contributed by atoms with Crippen molar-refractivity contribution in [3.05, 3.63) is 35.1 Å². The van der Waals surface area contributed by atoms with Gasteiger partial charge in [0.25, 0.3) is 0 Å². The molecule has 0 saturated heterocycles. The van der Waals surface area contributed by atoms with Crippen LogP contribution >= 0.6 is 11.8 Å². The molecule has 20 heavy (non-hydrogen) atoms. The van der Waals surface area contributed by atoms with Crippen molar-refractivity contribution in [2.45, 2.75) is 25.3 Å². The number of hydrogen-bond donors (Lipinski definition) is 2. The lowest BCUT2D eigenvalue weighted by molar-refractivity contribution is -0.140. The van der Waals surface area contributed by atoms with E-state index in [0.717, 1.165) is 17.8 Å². The molecule has 0 aromatic heterocycles. The molecule has 0 spiro atoms. The maximum atomic E-state index is 13.3. The van der Waals surface area contributed by atoms with E-state index >= 15 is 0 Å². The normalized spacial score (nSPS) is 14.9. The van der Waals surface area contributed by atoms with Crippen molar-refractivity contribution in [1.29, 1.82) is 0 Å². The summed E-state index contributed by atoms with van der Waals surface area (Å²) in [5, 5.41) is 19.0. The number of carbonyl (C=O) groups is 1. The number of benzene rings is 1. The van der Waals surface area contributed by atoms with E-state index in [-0.39, 0.29) is 16.4 Å². The zero-order valence-electron chi connectivity index (χ0n) is 10.3. The summed E-state index contributed by atoms with van der Waals surface area (Å²) in [6.45, 7) is 1.27. The fraction of sp³-hybridized carbons (Fsp3) is 0.417. The second kappa shape index (κ2) is 6.55. The predicted molar refractivity (Wildman–Crippen MR) is 65.5 cm³/mol. The number of carbonyl (C=O) groups excluding carboxylic acids is 1. The van der Waals surface area contributed by atoms with Crippen molar-refractivity contribution in [2.75, 3.05) is 5.75 Å². The van der Waals surface area contributed by atoms with Gasteiger partial charge in [-0.3, -0.25) is 4.79 Å². The van der Waals surface area contributed by atoms with E-state index in [2.05, 4.69) is 0 Å². The van der Waals surface area contributed by atoms with Gasteiger partial charge in [0.1, 0.15) is 11.9 Å². The van der Waals surface area contributed by atoms with Crippen LogP contribution in [0.5, 0.6) is 0 Å². The number of halogens is 4. The molecular formula is C12H12F4O3S. The molecule has 2 N–H and O–H groups in total. The van der Waals surface area contributed by atoms with Gasteiger partial charge in [0.05, 0.1) is 11.7 Å². The van der Waals surface area contributed by atoms with Crippen molar-refractivity contribution in [3.63, 3.8) is 0 Å². The maximum absolute atomic E-state index is 13.3. The van der Waals surface area contributed by atoms with Crippen LogP contribution in [0.15, 0.2) is 18.2 Å². The standard InChI is InChI=1S/C12H12F4O3S/c1-6(17)20-5-10(18)11(19)7-2-3-8(9(13)4-7)12(14,15)16/h2-4,10-11,18-19H,5H2,1H3. The van der Waals surface area contributed by atoms with E-state index in [9.17, 15) is 32.6 Å². The van der Waals surface area contributed by atoms with Gasteiger partial charge in [0.2, 0.25) is 0 Å². The van der Waals surface area contributed by atoms with Gasteiger partial charge < -0.3 is 10.2 Å². The number of thioether (sulfide) groups is 1. The van der Waals surface area contributed by atoms with Crippen LogP contribution in [0.3, 0.4) is 0 Å². The molecule has 0 aliphatic carbocycles. The van der Waals surface area contributed by atoms with Crippen LogP contribution in [0.1, 0.15) is 24.2 Å². The lowest BCUT2D eigenvalue weighted by Crippen LogP contribution is -2.22. The Morgan fingerprint density at radius 1 is 1.35 bits per heavy atom. The van der Waals surface area contributed by atoms with Gasteiger partial charge in [-0.2, -0.15) is 13.2 Å². The van der Waals surface area contributed by atoms with E-state index in [0.29, 0.717) is 12.1 Å². The molecule has 1 aromatic carbocycles. The first kappa shape index (κ1) is 16.9. The SMILES string of the molecule is CC(=O)SCC(O)C(O)c1ccc(C(F)(F)F)c(F)c1. The molecule has 0 heterocycles. The molecule has 0 aliphatic heterocycles. The van der Waals surface area contributed by atoms with Crippen LogP contribution in [-0.2, 0) is 11.0 Å². The van der Waals surface area contributed by atoms with Crippen LogP contribution in [-0.4, -0.2) is 27.2 Å². The third-order valence-corrected chi connectivity index (χ3v) is 3.38. The minimum atomic E-state index is -4.82. The summed E-state index contributed by atoms with van der Waals surface area (Å²) in [7, 11) is 0. The Balaban J connectivity index is 2.87. The van der Waals surface area contributed by atoms with Crippen molar-refractivity contribution in [2.24, 2.45) is 0 Å². The number of hydrogen-bond acceptors (Lipinski definition) is 4. The molecule has 8 heteroatoms. The molecule has 1 rings (SSSR count). The lowest BCUT2D eigenvalue weighted by Gasteiger charge is -2.18. The largest absolute Gasteiger partial charge is 0.419 e. The van der Waals surface area contributed by atoms with Crippen LogP contribution in [0.25, 0.3) is 0 Å². The van der Waals surface area contributed by atoms with Crippen molar-refractivity contribution in [3.8, 4) is 0 Å². The minimum absolute atomic E-state index is 0.140. The van der Waals surface area contributed by atoms with Gasteiger partial charge >= 0.3 is 6.18 Å². The molecule has 2 atom stereocenters. The Bertz CT molecular complexity index is 490. The van der Waals surface area contributed by atoms with Gasteiger partial charge in [-0.15, -0.1) is 0 Å². The number of aliphatic hydroxyl groups is 2. The smallest absolute Gasteiger partial charge is 0.389 e. The van der Waals surface area contributed by atoms with Crippen molar-refractivity contribution in [1.82, 2.24) is 0 Å². The Morgan fingerprint density at radius 2 is 1.95 bits per heavy atom. The lowest BCUT2D eigenvalue weighted by atomic mass is 10.0. The van der Waals surface area contributed by atoms with Crippen molar-refractivity contribution < 1.29 is 32.6 Å². The Hall–Kier alpha value is -1.12. The van der Waals surface area contributed by atoms with Crippen LogP contribution in [0.2, 0.25) is 0 Å². The fourth-order valence-electron chi connectivity index (χ4n) is 1.46. The number of rotatable bonds is 4. The molecule has 0 amide bonds. The summed E-state index contributed by atoms with van der Waals surface area (Å²) in [6, 6.07) is 1.91. The quantitative estimate of drug-likeness (QED) is 0.839. The van der Waals surface area contributed by atoms with Gasteiger partial charge in [-0.05, 0) is 17.7 Å². The zero-order valence-corrected chi connectivity index (χ0v) is 11.1. The molecule has 2 unspecified atom stereocenters. The Kier molecular flexibility index (Phi) is 5.55. The number of aliphatic hydroxyl groups excluding tert-OH is 2. The highest BCUT2D eigenvalue weighted by Crippen LogP contribution is 2.33. The first-order chi connectivity index (χ1) is 9.12. The van der Waals surface area contributed by atoms with Gasteiger partial charge in [-0.25, -0.2) is 4.39 Å². The highest BCUT2D eigenvalue weighted by atomic mass is 32.2. The zero-order chi connectivity index (χ0) is 15.5. The van der Waals surface area contributed by atoms with E-state index < -0.39 is 29.8 Å². The molecule has 0 fully saturated rings. The summed E-state index contributed by atoms with van der Waals surface area (Å²) >= 11 is 0.751. The third kappa shape index (κ3) is 4.46. The van der Waals surface area contributed by atoms with E-state index in [1.165, 1.54) is 6.92 Å².